The number of hydrogen-bond acceptors (Lipinski definition) is 6. The van der Waals surface area contributed by atoms with E-state index in [4.69, 9.17) is 26.3 Å². The van der Waals surface area contributed by atoms with Crippen LogP contribution in [0, 0.1) is 11.3 Å². The Bertz CT molecular complexity index is 916. The maximum Gasteiger partial charge on any atom is 0.387 e. The van der Waals surface area contributed by atoms with E-state index in [2.05, 4.69) is 10.1 Å². The highest BCUT2D eigenvalue weighted by molar-refractivity contribution is 6.32. The summed E-state index contributed by atoms with van der Waals surface area (Å²) in [5.74, 6) is -1.32. The molecule has 1 amide bonds. The van der Waals surface area contributed by atoms with E-state index in [0.29, 0.717) is 11.3 Å². The zero-order valence-electron chi connectivity index (χ0n) is 15.0. The number of nitrogens with zero attached hydrogens (tertiary/aromatic N) is 1. The molecule has 2 rings (SSSR count). The third-order valence-corrected chi connectivity index (χ3v) is 3.70. The Balaban J connectivity index is 1.82. The molecule has 0 aliphatic rings. The maximum absolute atomic E-state index is 12.2. The van der Waals surface area contributed by atoms with Gasteiger partial charge in [-0.1, -0.05) is 11.6 Å². The van der Waals surface area contributed by atoms with Crippen LogP contribution in [0.15, 0.2) is 42.5 Å². The molecule has 152 valence electrons. The number of carbonyl (C=O) groups is 2. The number of nitrogens with one attached hydrogen (secondary N) is 1. The molecule has 7 nitrogen and oxygen atoms in total. The van der Waals surface area contributed by atoms with Crippen LogP contribution in [0.4, 0.5) is 14.5 Å². The van der Waals surface area contributed by atoms with Gasteiger partial charge in [0, 0.05) is 5.69 Å². The van der Waals surface area contributed by atoms with Gasteiger partial charge in [0.1, 0.15) is 11.5 Å². The lowest BCUT2D eigenvalue weighted by Crippen LogP contribution is -2.29. The second-order valence-corrected chi connectivity index (χ2v) is 5.98. The second kappa shape index (κ2) is 10.2. The lowest BCUT2D eigenvalue weighted by molar-refractivity contribution is -0.153. The van der Waals surface area contributed by atoms with Gasteiger partial charge in [0.2, 0.25) is 0 Å². The first kappa shape index (κ1) is 21.9. The van der Waals surface area contributed by atoms with Crippen LogP contribution in [-0.2, 0) is 14.3 Å². The number of rotatable bonds is 8. The van der Waals surface area contributed by atoms with Crippen LogP contribution in [0.1, 0.15) is 12.5 Å². The SMILES string of the molecule is C[C@H](Oc1ccc(C#N)cc1)C(=O)OCC(=O)Nc1ccc(OC(F)F)c(Cl)c1. The number of alkyl halides is 2. The molecular formula is C19H15ClF2N2O5. The molecule has 0 saturated heterocycles. The molecule has 2 aromatic carbocycles. The van der Waals surface area contributed by atoms with Gasteiger partial charge in [0.25, 0.3) is 5.91 Å². The molecule has 1 atom stereocenters. The molecule has 0 heterocycles. The van der Waals surface area contributed by atoms with Crippen molar-refractivity contribution < 1.29 is 32.6 Å². The Labute approximate surface area is 169 Å². The molecule has 0 aliphatic carbocycles. The predicted octanol–water partition coefficient (Wildman–Crippen LogP) is 3.76. The van der Waals surface area contributed by atoms with E-state index in [-0.39, 0.29) is 16.5 Å². The standard InChI is InChI=1S/C19H15ClF2N2O5/c1-11(28-14-5-2-12(9-23)3-6-14)18(26)27-10-17(25)24-13-4-7-16(15(20)8-13)29-19(21)22/h2-8,11,19H,10H2,1H3,(H,24,25)/t11-/m0/s1. The molecule has 0 saturated carbocycles. The average molecular weight is 425 g/mol. The van der Waals surface area contributed by atoms with Gasteiger partial charge in [-0.3, -0.25) is 4.79 Å². The van der Waals surface area contributed by atoms with Crippen molar-refractivity contribution >= 4 is 29.2 Å². The lowest BCUT2D eigenvalue weighted by Gasteiger charge is -2.14. The van der Waals surface area contributed by atoms with E-state index in [9.17, 15) is 18.4 Å². The summed E-state index contributed by atoms with van der Waals surface area (Å²) in [5.41, 5.74) is 0.651. The van der Waals surface area contributed by atoms with Crippen LogP contribution in [0.3, 0.4) is 0 Å². The number of hydrogen-bond donors (Lipinski definition) is 1. The van der Waals surface area contributed by atoms with E-state index >= 15 is 0 Å². The zero-order valence-corrected chi connectivity index (χ0v) is 15.8. The van der Waals surface area contributed by atoms with E-state index < -0.39 is 31.2 Å². The molecule has 0 spiro atoms. The minimum Gasteiger partial charge on any atom is -0.479 e. The van der Waals surface area contributed by atoms with Gasteiger partial charge in [0.05, 0.1) is 16.7 Å². The Morgan fingerprint density at radius 1 is 1.17 bits per heavy atom. The summed E-state index contributed by atoms with van der Waals surface area (Å²) in [6.45, 7) is -2.17. The van der Waals surface area contributed by atoms with Crippen LogP contribution in [0.25, 0.3) is 0 Å². The second-order valence-electron chi connectivity index (χ2n) is 5.58. The van der Waals surface area contributed by atoms with Crippen LogP contribution < -0.4 is 14.8 Å². The Morgan fingerprint density at radius 3 is 2.45 bits per heavy atom. The van der Waals surface area contributed by atoms with Gasteiger partial charge in [-0.05, 0) is 49.4 Å². The minimum atomic E-state index is -3.03. The summed E-state index contributed by atoms with van der Waals surface area (Å²) in [5, 5.41) is 11.0. The van der Waals surface area contributed by atoms with Gasteiger partial charge < -0.3 is 19.5 Å². The fourth-order valence-corrected chi connectivity index (χ4v) is 2.31. The lowest BCUT2D eigenvalue weighted by atomic mass is 10.2. The fraction of sp³-hybridized carbons (Fsp3) is 0.211. The summed E-state index contributed by atoms with van der Waals surface area (Å²) in [4.78, 5) is 23.8. The predicted molar refractivity (Wildman–Crippen MR) is 98.9 cm³/mol. The highest BCUT2D eigenvalue weighted by Gasteiger charge is 2.18. The zero-order chi connectivity index (χ0) is 21.4. The average Bonchev–Trinajstić information content (AvgIpc) is 2.68. The largest absolute Gasteiger partial charge is 0.479 e. The van der Waals surface area contributed by atoms with Crippen LogP contribution >= 0.6 is 11.6 Å². The Hall–Kier alpha value is -3.38. The van der Waals surface area contributed by atoms with Crippen LogP contribution in [-0.4, -0.2) is 31.2 Å². The van der Waals surface area contributed by atoms with Crippen molar-refractivity contribution in [2.24, 2.45) is 0 Å². The number of nitriles is 1. The molecule has 10 heteroatoms. The number of anilines is 1. The highest BCUT2D eigenvalue weighted by atomic mass is 35.5. The van der Waals surface area contributed by atoms with Gasteiger partial charge in [-0.2, -0.15) is 14.0 Å². The summed E-state index contributed by atoms with van der Waals surface area (Å²) < 4.78 is 38.9. The maximum atomic E-state index is 12.2. The van der Waals surface area contributed by atoms with Crippen molar-refractivity contribution in [3.05, 3.63) is 53.1 Å². The molecule has 1 N–H and O–H groups in total. The van der Waals surface area contributed by atoms with Crippen molar-refractivity contribution in [2.75, 3.05) is 11.9 Å². The van der Waals surface area contributed by atoms with Crippen molar-refractivity contribution in [3.8, 4) is 17.6 Å². The number of carbonyl (C=O) groups excluding carboxylic acids is 2. The fourth-order valence-electron chi connectivity index (χ4n) is 2.08. The molecule has 0 fully saturated rings. The summed E-state index contributed by atoms with van der Waals surface area (Å²) >= 11 is 5.79. The third kappa shape index (κ3) is 6.93. The monoisotopic (exact) mass is 424 g/mol. The van der Waals surface area contributed by atoms with Crippen LogP contribution in [0.5, 0.6) is 11.5 Å². The van der Waals surface area contributed by atoms with E-state index in [0.717, 1.165) is 0 Å². The third-order valence-electron chi connectivity index (χ3n) is 3.41. The van der Waals surface area contributed by atoms with Crippen molar-refractivity contribution in [3.63, 3.8) is 0 Å². The first-order valence-corrected chi connectivity index (χ1v) is 8.54. The topological polar surface area (TPSA) is 97.6 Å². The smallest absolute Gasteiger partial charge is 0.387 e. The van der Waals surface area contributed by atoms with Crippen LogP contribution in [0.2, 0.25) is 5.02 Å². The minimum absolute atomic E-state index is 0.121. The van der Waals surface area contributed by atoms with Gasteiger partial charge >= 0.3 is 12.6 Å². The highest BCUT2D eigenvalue weighted by Crippen LogP contribution is 2.28. The molecule has 29 heavy (non-hydrogen) atoms. The molecule has 0 aromatic heterocycles. The van der Waals surface area contributed by atoms with Crippen molar-refractivity contribution in [1.29, 1.82) is 5.26 Å². The summed E-state index contributed by atoms with van der Waals surface area (Å²) in [6, 6.07) is 11.8. The number of benzene rings is 2. The quantitative estimate of drug-likeness (QED) is 0.648. The van der Waals surface area contributed by atoms with Gasteiger partial charge in [-0.15, -0.1) is 0 Å². The van der Waals surface area contributed by atoms with Crippen molar-refractivity contribution in [2.45, 2.75) is 19.6 Å². The first-order chi connectivity index (χ1) is 13.8. The molecule has 2 aromatic rings. The van der Waals surface area contributed by atoms with E-state index in [1.54, 1.807) is 0 Å². The number of ether oxygens (including phenoxy) is 3. The molecular weight excluding hydrogens is 410 g/mol. The number of halogens is 3. The molecule has 0 aliphatic heterocycles. The van der Waals surface area contributed by atoms with Gasteiger partial charge in [0.15, 0.2) is 12.7 Å². The van der Waals surface area contributed by atoms with E-state index in [1.165, 1.54) is 49.4 Å². The van der Waals surface area contributed by atoms with E-state index in [1.807, 2.05) is 6.07 Å². The molecule has 0 bridgehead atoms. The normalized spacial score (nSPS) is 11.3. The number of amides is 1. The summed E-state index contributed by atoms with van der Waals surface area (Å²) in [6.07, 6.45) is -0.990. The van der Waals surface area contributed by atoms with Crippen molar-refractivity contribution in [1.82, 2.24) is 0 Å². The molecule has 0 radical (unpaired) electrons. The Kier molecular flexibility index (Phi) is 7.74. The van der Waals surface area contributed by atoms with Gasteiger partial charge in [-0.25, -0.2) is 4.79 Å². The number of esters is 1. The first-order valence-electron chi connectivity index (χ1n) is 8.16. The Morgan fingerprint density at radius 2 is 1.86 bits per heavy atom. The molecule has 0 unspecified atom stereocenters. The summed E-state index contributed by atoms with van der Waals surface area (Å²) in [7, 11) is 0.